The molecule has 0 aromatic heterocycles. The zero-order valence-electron chi connectivity index (χ0n) is 88.4. The average molecular weight is 2000 g/mol. The summed E-state index contributed by atoms with van der Waals surface area (Å²) < 4.78 is 194. The van der Waals surface area contributed by atoms with Gasteiger partial charge in [0.15, 0.2) is 6.10 Å². The quantitative estimate of drug-likeness (QED) is 0.0186. The van der Waals surface area contributed by atoms with Crippen LogP contribution in [0.1, 0.15) is 137 Å². The van der Waals surface area contributed by atoms with Gasteiger partial charge in [0.25, 0.3) is 5.91 Å². The van der Waals surface area contributed by atoms with Gasteiger partial charge in [-0.15, -0.1) is 0 Å². The zero-order chi connectivity index (χ0) is 105. The number of carbonyl (C=O) groups is 4. The number of Topliss-reactive ketones (excluding diaryl/α,β-unsaturated/α-hetero) is 1. The number of nitrogens with zero attached hydrogens (tertiary/aromatic N) is 2. The molecule has 137 heavy (non-hydrogen) atoms. The minimum atomic E-state index is -3.72. The van der Waals surface area contributed by atoms with Crippen LogP contribution in [0.15, 0.2) is 0 Å². The summed E-state index contributed by atoms with van der Waals surface area (Å²) in [6, 6.07) is -2.06. The number of ketones is 1. The van der Waals surface area contributed by atoms with Crippen LogP contribution in [0, 0.1) is 23.7 Å². The van der Waals surface area contributed by atoms with Crippen molar-refractivity contribution in [3.05, 3.63) is 0 Å². The highest BCUT2D eigenvalue weighted by atomic mass is 31.2. The summed E-state index contributed by atoms with van der Waals surface area (Å²) in [5, 5.41) is 16.0. The molecule has 3 amide bonds. The highest BCUT2D eigenvalue weighted by molar-refractivity contribution is 7.53. The van der Waals surface area contributed by atoms with Crippen LogP contribution in [0.4, 0.5) is 4.39 Å². The van der Waals surface area contributed by atoms with Gasteiger partial charge in [0.2, 0.25) is 11.8 Å². The summed E-state index contributed by atoms with van der Waals surface area (Å²) in [6.07, 6.45) is 3.32. The first-order valence-electron chi connectivity index (χ1n) is 49.8. The predicted molar refractivity (Wildman–Crippen MR) is 506 cm³/mol. The number of carbonyl (C=O) groups excluding carboxylic acids is 4. The van der Waals surface area contributed by atoms with Gasteiger partial charge in [-0.3, -0.25) is 29.1 Å². The Bertz CT molecular complexity index is 3570. The number of hydrogen-bond acceptors (Lipinski definition) is 36. The van der Waals surface area contributed by atoms with Crippen LogP contribution in [0.3, 0.4) is 0 Å². The molecule has 12 fully saturated rings. The molecular weight excluding hydrogens is 1830 g/mol. The van der Waals surface area contributed by atoms with Crippen LogP contribution in [0.2, 0.25) is 0 Å². The Morgan fingerprint density at radius 2 is 1.15 bits per heavy atom. The van der Waals surface area contributed by atoms with Crippen molar-refractivity contribution < 1.29 is 166 Å². The Balaban J connectivity index is 0.000000287. The van der Waals surface area contributed by atoms with E-state index in [9.17, 15) is 42.5 Å². The minimum absolute atomic E-state index is 0.0206. The van der Waals surface area contributed by atoms with E-state index < -0.39 is 78.1 Å². The molecule has 37 atom stereocenters. The lowest BCUT2D eigenvalue weighted by molar-refractivity contribution is -0.211. The number of fused-ring (bicyclic) bond motifs is 2. The average Bonchev–Trinajstić information content (AvgIpc) is 1.60. The van der Waals surface area contributed by atoms with E-state index in [1.165, 1.54) is 21.1 Å². The summed E-state index contributed by atoms with van der Waals surface area (Å²) in [5.74, 6) is 0.989. The number of rotatable bonds is 45. The first kappa shape index (κ1) is 118. The van der Waals surface area contributed by atoms with Gasteiger partial charge in [0.1, 0.15) is 90.0 Å². The molecule has 0 aromatic carbocycles. The fourth-order valence-corrected chi connectivity index (χ4v) is 19.2. The summed E-state index contributed by atoms with van der Waals surface area (Å²) in [4.78, 5) is 75.8. The highest BCUT2D eigenvalue weighted by Crippen LogP contribution is 2.46. The number of hydrogen-bond donors (Lipinski definition) is 5. The molecule has 48 heteroatoms. The monoisotopic (exact) mass is 2000 g/mol. The molecule has 12 heterocycles. The fourth-order valence-electron chi connectivity index (χ4n) is 17.6. The Hall–Kier alpha value is -2.45. The standard InChI is InChI=1S/C14H26B2N2O4.2C14H25NO5.C13H22B2O6.C9H18N2O2.C9H19O5P.C8H13BO2.C8H17FNO4P/c1-17-10-5-14(16)22-12(10)8-20-18(2)6-9-4-13(15)21-11(9)7-19-3;1-17-9-12-10(4-7-19-12)3-6-15-14(16)13-11(18-2)5-8-20-13;1-17-9-13-10(5-7-20-13)15-14(16)4-3-12-11(18-2)6-8-19-12;1-16-5-10-9(4-13(15)20-10)19-7-18-6-11-8(17-2)3-12(14)21-11;1-4-9(13)11(6-5-10-3)7-8(2)12;1-7-4-8(14-15(3,10)11)9(6-12-2)13-5-7;1-3-8-4-10-6(5(8)2)7(9)11-8;1-5-7(9)8(10-15(3,11)12)6(14-5)4-13-2/h9-14,17H,4-8H2,1-3H3;2*10-13H,3-9H2,1-2H3,(H,15,16);8-13H,3-7H2,1-2H3;10H,4-7H2,1-3H3;7-9H,4-6H2,1-3H3,(H,10,11);5-7H,3-4H2,1-2H3;5-8H,4H2,1-3H3,(H2,10,11,12)/p-2/t9-,10+,11+,12+,13+,14+;10-,11-,12-,13+;10-,11-,12-,13-;8-,9-,10-,11-,12-,13-;;;5-,6?,7-,8+;5-,6+,7?,8-/m0111..10/s1/i;2*7T,8T;;;;;/tm;7-,8+,10+,11+,12+,13-;7-,8+,10+,11+,12+,13+;;;;;/m000...... The predicted octanol–water partition coefficient (Wildman–Crippen LogP) is 0.934. The van der Waals surface area contributed by atoms with E-state index in [4.69, 9.17) is 163 Å². The molecule has 2 bridgehead atoms. The summed E-state index contributed by atoms with van der Waals surface area (Å²) in [6.45, 7) is 18.3. The van der Waals surface area contributed by atoms with Crippen LogP contribution in [-0.2, 0) is 147 Å². The zero-order valence-corrected chi connectivity index (χ0v) is 86.2. The van der Waals surface area contributed by atoms with Gasteiger partial charge in [-0.2, -0.15) is 5.06 Å². The van der Waals surface area contributed by atoms with E-state index in [-0.39, 0.29) is 176 Å². The van der Waals surface area contributed by atoms with Crippen LogP contribution < -0.4 is 36.1 Å². The van der Waals surface area contributed by atoms with Gasteiger partial charge in [-0.25, -0.2) is 4.39 Å². The van der Waals surface area contributed by atoms with Gasteiger partial charge in [0.05, 0.1) is 177 Å². The first-order chi connectivity index (χ1) is 66.8. The van der Waals surface area contributed by atoms with Crippen molar-refractivity contribution in [1.82, 2.24) is 36.3 Å². The molecule has 0 aromatic rings. The molecule has 10 radical (unpaired) electrons. The summed E-state index contributed by atoms with van der Waals surface area (Å²) >= 11 is 0. The molecule has 786 valence electrons. The number of hydroxylamine groups is 2. The van der Waals surface area contributed by atoms with Crippen molar-refractivity contribution >= 4 is 77.9 Å². The van der Waals surface area contributed by atoms with Crippen LogP contribution >= 0.6 is 15.1 Å². The molecule has 0 aliphatic carbocycles. The first-order valence-corrected chi connectivity index (χ1v) is 51.5. The van der Waals surface area contributed by atoms with Crippen molar-refractivity contribution in [3.8, 4) is 0 Å². The second-order valence-corrected chi connectivity index (χ2v) is 39.7. The van der Waals surface area contributed by atoms with E-state index in [0.29, 0.717) is 148 Å². The van der Waals surface area contributed by atoms with E-state index in [1.54, 1.807) is 68.5 Å². The molecule has 7 unspecified atom stereocenters. The maximum absolute atomic E-state index is 13.6. The topological polar surface area (TPSA) is 446 Å². The number of halogens is 1. The van der Waals surface area contributed by atoms with E-state index in [0.717, 1.165) is 58.7 Å². The van der Waals surface area contributed by atoms with Crippen molar-refractivity contribution in [1.29, 1.82) is 0 Å². The Kier molecular flexibility index (Phi) is 57.5. The second kappa shape index (κ2) is 66.7. The molecular formula is C89H163B5FN7O33P2-2. The van der Waals surface area contributed by atoms with Gasteiger partial charge in [0, 0.05) is 197 Å². The number of amides is 3. The maximum atomic E-state index is 13.6. The van der Waals surface area contributed by atoms with Gasteiger partial charge >= 0.3 is 0 Å². The third-order valence-electron chi connectivity index (χ3n) is 25.1. The smallest absolute Gasteiger partial charge is 0.251 e. The number of methoxy groups -OCH3 is 9. The number of alkyl halides is 1. The maximum Gasteiger partial charge on any atom is 0.251 e. The highest BCUT2D eigenvalue weighted by Gasteiger charge is 2.56. The summed E-state index contributed by atoms with van der Waals surface area (Å²) in [7, 11) is 41.4. The number of likely N-dealkylation sites (N-methyl/N-ethyl adjacent to an activating group) is 2. The molecule has 40 nitrogen and oxygen atoms in total. The van der Waals surface area contributed by atoms with E-state index >= 15 is 0 Å². The molecule has 0 saturated carbocycles. The van der Waals surface area contributed by atoms with E-state index in [1.807, 2.05) is 33.1 Å². The van der Waals surface area contributed by atoms with Crippen LogP contribution in [0.5, 0.6) is 0 Å². The number of ether oxygens (including phenoxy) is 23. The lowest BCUT2D eigenvalue weighted by Gasteiger charge is -2.37. The van der Waals surface area contributed by atoms with Crippen molar-refractivity contribution in [3.63, 3.8) is 0 Å². The molecule has 12 saturated heterocycles. The van der Waals surface area contributed by atoms with Crippen molar-refractivity contribution in [2.45, 2.75) is 295 Å². The largest absolute Gasteiger partial charge is 0.788 e. The molecule has 0 spiro atoms. The number of nitrogens with one attached hydrogen (secondary N) is 5. The second-order valence-electron chi connectivity index (χ2n) is 36.0. The van der Waals surface area contributed by atoms with Gasteiger partial charge in [-0.05, 0) is 117 Å². The summed E-state index contributed by atoms with van der Waals surface area (Å²) in [5.41, 5.74) is -0.0654. The SMILES string of the molecule is CCC(=O)N(CCNC)CC(C)=O.COCC1OCC(C)CC1OP(C)(=O)[O-].COC[C@H]1O[C@@H](C)C(F)[C@H]1NP(C)(=O)[O-].[3H][C@@H]1C[C@@H](OC)[C@@H](C(=O)NCC[C@@H]2C[C@H]([3H])O[C@@H]2COC)O1.[3H][C@@H]1C[C@@H](OC)[C@@H](CCC(=O)N[C@@H]2C[C@H]([3H])O[C@@H]2COC)O1.[B][C@@H]1O[C@@]2(CC)COC1[C@H]2C.[B][C@H]1C[C@@H](CN(C)OC[C@H]2O[C@@H]([B])C[C@H]2NC)[C@@H](COC)O1.[B][C@H]1C[C@@H](OC)[C@@H](COCO[C@@H]2C[C@H]([B])O[C@@H]2COC)O1. The molecule has 12 rings (SSSR count). The van der Waals surface area contributed by atoms with Crippen molar-refractivity contribution in [2.24, 2.45) is 23.7 Å². The Morgan fingerprint density at radius 3 is 1.74 bits per heavy atom. The lowest BCUT2D eigenvalue weighted by atomic mass is 9.85. The molecule has 12 aliphatic rings. The van der Waals surface area contributed by atoms with Crippen LogP contribution in [0.25, 0.3) is 0 Å². The van der Waals surface area contributed by atoms with Crippen molar-refractivity contribution in [2.75, 3.05) is 230 Å². The van der Waals surface area contributed by atoms with Gasteiger partial charge < -0.3 is 159 Å². The third-order valence-corrected chi connectivity index (χ3v) is 26.5. The fraction of sp³-hybridized carbons (Fsp3) is 0.955. The molecule has 12 aliphatic heterocycles. The van der Waals surface area contributed by atoms with Crippen LogP contribution in [-0.4, -0.2) is 467 Å². The van der Waals surface area contributed by atoms with Gasteiger partial charge in [-0.1, -0.05) is 27.7 Å². The third kappa shape index (κ3) is 44.6. The Labute approximate surface area is 826 Å². The Morgan fingerprint density at radius 1 is 0.584 bits per heavy atom. The molecule has 5 N–H and O–H groups in total. The van der Waals surface area contributed by atoms with E-state index in [2.05, 4.69) is 40.2 Å². The lowest BCUT2D eigenvalue weighted by Crippen LogP contribution is -2.44. The normalized spacial score (nSPS) is 38.5. The minimum Gasteiger partial charge on any atom is -0.788 e.